The van der Waals surface area contributed by atoms with Crippen molar-refractivity contribution < 1.29 is 4.79 Å². The van der Waals surface area contributed by atoms with Crippen LogP contribution in [0.2, 0.25) is 0 Å². The molecule has 0 amide bonds. The fraction of sp³-hybridized carbons (Fsp3) is 0.0833. The molecule has 1 aromatic carbocycles. The first-order chi connectivity index (χ1) is 6.63. The van der Waals surface area contributed by atoms with Gasteiger partial charge in [0.2, 0.25) is 0 Å². The van der Waals surface area contributed by atoms with Crippen molar-refractivity contribution in [2.24, 2.45) is 5.73 Å². The third-order valence-electron chi connectivity index (χ3n) is 2.59. The molecule has 0 saturated heterocycles. The SMILES string of the molecule is C=C1C(=O)c2ccccc2C(N)=C1C. The quantitative estimate of drug-likeness (QED) is 0.629. The van der Waals surface area contributed by atoms with Gasteiger partial charge in [0.25, 0.3) is 0 Å². The lowest BCUT2D eigenvalue weighted by Gasteiger charge is -2.19. The summed E-state index contributed by atoms with van der Waals surface area (Å²) in [6.07, 6.45) is 0. The molecule has 1 aliphatic rings. The van der Waals surface area contributed by atoms with E-state index in [1.54, 1.807) is 6.07 Å². The maximum atomic E-state index is 11.8. The van der Waals surface area contributed by atoms with E-state index < -0.39 is 0 Å². The number of ketones is 1. The predicted molar refractivity (Wildman–Crippen MR) is 56.7 cm³/mol. The molecule has 2 heteroatoms. The first-order valence-corrected chi connectivity index (χ1v) is 4.42. The van der Waals surface area contributed by atoms with Crippen molar-refractivity contribution in [2.75, 3.05) is 0 Å². The van der Waals surface area contributed by atoms with Crippen molar-refractivity contribution in [2.45, 2.75) is 6.92 Å². The van der Waals surface area contributed by atoms with E-state index in [0.29, 0.717) is 16.8 Å². The van der Waals surface area contributed by atoms with Gasteiger partial charge in [-0.2, -0.15) is 0 Å². The highest BCUT2D eigenvalue weighted by atomic mass is 16.1. The van der Waals surface area contributed by atoms with Crippen molar-refractivity contribution in [3.05, 3.63) is 53.1 Å². The Morgan fingerprint density at radius 3 is 2.43 bits per heavy atom. The van der Waals surface area contributed by atoms with E-state index in [4.69, 9.17) is 5.73 Å². The topological polar surface area (TPSA) is 43.1 Å². The molecular formula is C12H11NO. The molecule has 0 radical (unpaired) electrons. The zero-order chi connectivity index (χ0) is 10.3. The third kappa shape index (κ3) is 1.01. The molecule has 2 rings (SSSR count). The number of Topliss-reactive ketones (excluding diaryl/α,β-unsaturated/α-hetero) is 1. The number of fused-ring (bicyclic) bond motifs is 1. The molecule has 1 aliphatic carbocycles. The summed E-state index contributed by atoms with van der Waals surface area (Å²) >= 11 is 0. The van der Waals surface area contributed by atoms with Gasteiger partial charge in [0, 0.05) is 22.4 Å². The van der Waals surface area contributed by atoms with Gasteiger partial charge in [-0.25, -0.2) is 0 Å². The second-order valence-electron chi connectivity index (χ2n) is 3.39. The average Bonchev–Trinajstić information content (AvgIpc) is 2.23. The minimum Gasteiger partial charge on any atom is -0.398 e. The number of allylic oxidation sites excluding steroid dienone is 2. The van der Waals surface area contributed by atoms with Crippen LogP contribution in [0.4, 0.5) is 0 Å². The molecule has 0 spiro atoms. The highest BCUT2D eigenvalue weighted by Crippen LogP contribution is 2.30. The predicted octanol–water partition coefficient (Wildman–Crippen LogP) is 2.13. The van der Waals surface area contributed by atoms with Crippen molar-refractivity contribution in [3.8, 4) is 0 Å². The van der Waals surface area contributed by atoms with Crippen molar-refractivity contribution in [1.29, 1.82) is 0 Å². The van der Waals surface area contributed by atoms with Crippen LogP contribution >= 0.6 is 0 Å². The summed E-state index contributed by atoms with van der Waals surface area (Å²) in [5.74, 6) is -0.0210. The molecule has 70 valence electrons. The maximum Gasteiger partial charge on any atom is 0.193 e. The number of carbonyl (C=O) groups is 1. The Morgan fingerprint density at radius 2 is 1.79 bits per heavy atom. The molecule has 0 unspecified atom stereocenters. The van der Waals surface area contributed by atoms with Crippen LogP contribution in [0.3, 0.4) is 0 Å². The van der Waals surface area contributed by atoms with E-state index in [-0.39, 0.29) is 5.78 Å². The zero-order valence-electron chi connectivity index (χ0n) is 8.00. The molecule has 0 bridgehead atoms. The summed E-state index contributed by atoms with van der Waals surface area (Å²) in [6, 6.07) is 7.35. The Morgan fingerprint density at radius 1 is 1.21 bits per heavy atom. The minimum absolute atomic E-state index is 0.0210. The molecule has 0 aromatic heterocycles. The third-order valence-corrected chi connectivity index (χ3v) is 2.59. The minimum atomic E-state index is -0.0210. The number of nitrogens with two attached hydrogens (primary N) is 1. The maximum absolute atomic E-state index is 11.8. The molecule has 14 heavy (non-hydrogen) atoms. The number of hydrogen-bond donors (Lipinski definition) is 1. The molecule has 0 heterocycles. The summed E-state index contributed by atoms with van der Waals surface area (Å²) in [6.45, 7) is 5.56. The number of hydrogen-bond acceptors (Lipinski definition) is 2. The fourth-order valence-corrected chi connectivity index (χ4v) is 1.61. The lowest BCUT2D eigenvalue weighted by atomic mass is 9.86. The fourth-order valence-electron chi connectivity index (χ4n) is 1.61. The summed E-state index contributed by atoms with van der Waals surface area (Å²) < 4.78 is 0. The average molecular weight is 185 g/mol. The Hall–Kier alpha value is -1.83. The number of benzene rings is 1. The van der Waals surface area contributed by atoms with Gasteiger partial charge in [-0.1, -0.05) is 30.8 Å². The zero-order valence-corrected chi connectivity index (χ0v) is 8.00. The Bertz CT molecular complexity index is 469. The van der Waals surface area contributed by atoms with Gasteiger partial charge in [0.05, 0.1) is 0 Å². The van der Waals surface area contributed by atoms with Gasteiger partial charge in [-0.15, -0.1) is 0 Å². The van der Waals surface area contributed by atoms with Gasteiger partial charge in [0.1, 0.15) is 0 Å². The van der Waals surface area contributed by atoms with Crippen molar-refractivity contribution >= 4 is 11.5 Å². The highest BCUT2D eigenvalue weighted by molar-refractivity contribution is 6.17. The number of carbonyl (C=O) groups excluding carboxylic acids is 1. The van der Waals surface area contributed by atoms with Crippen LogP contribution in [0, 0.1) is 0 Å². The Labute approximate surface area is 82.7 Å². The Kier molecular flexibility index (Phi) is 1.78. The highest BCUT2D eigenvalue weighted by Gasteiger charge is 2.23. The molecule has 0 atom stereocenters. The van der Waals surface area contributed by atoms with E-state index >= 15 is 0 Å². The van der Waals surface area contributed by atoms with Gasteiger partial charge >= 0.3 is 0 Å². The molecule has 2 nitrogen and oxygen atoms in total. The molecule has 0 fully saturated rings. The molecule has 2 N–H and O–H groups in total. The van der Waals surface area contributed by atoms with Gasteiger partial charge in [-0.3, -0.25) is 4.79 Å². The standard InChI is InChI=1S/C12H11NO/c1-7-8(2)12(14)10-6-4-3-5-9(10)11(7)13/h3-6H,2,13H2,1H3. The van der Waals surface area contributed by atoms with E-state index in [1.807, 2.05) is 25.1 Å². The van der Waals surface area contributed by atoms with Crippen LogP contribution in [0.15, 0.2) is 42.0 Å². The summed E-state index contributed by atoms with van der Waals surface area (Å²) in [5, 5.41) is 0. The molecule has 0 aliphatic heterocycles. The summed E-state index contributed by atoms with van der Waals surface area (Å²) in [7, 11) is 0. The first kappa shape index (κ1) is 8.75. The summed E-state index contributed by atoms with van der Waals surface area (Å²) in [5.41, 5.74) is 9.33. The van der Waals surface area contributed by atoms with Crippen LogP contribution in [0.25, 0.3) is 5.70 Å². The monoisotopic (exact) mass is 185 g/mol. The second kappa shape index (κ2) is 2.84. The van der Waals surface area contributed by atoms with E-state index in [1.165, 1.54) is 0 Å². The lowest BCUT2D eigenvalue weighted by molar-refractivity contribution is 0.103. The van der Waals surface area contributed by atoms with Crippen LogP contribution in [-0.2, 0) is 0 Å². The van der Waals surface area contributed by atoms with Crippen LogP contribution in [0.5, 0.6) is 0 Å². The van der Waals surface area contributed by atoms with E-state index in [2.05, 4.69) is 6.58 Å². The normalized spacial score (nSPS) is 15.8. The lowest BCUT2D eigenvalue weighted by Crippen LogP contribution is -2.17. The van der Waals surface area contributed by atoms with Crippen molar-refractivity contribution in [3.63, 3.8) is 0 Å². The largest absolute Gasteiger partial charge is 0.398 e. The second-order valence-corrected chi connectivity index (χ2v) is 3.39. The van der Waals surface area contributed by atoms with Gasteiger partial charge in [-0.05, 0) is 12.5 Å². The van der Waals surface area contributed by atoms with Crippen molar-refractivity contribution in [1.82, 2.24) is 0 Å². The van der Waals surface area contributed by atoms with Crippen LogP contribution in [0.1, 0.15) is 22.8 Å². The number of rotatable bonds is 0. The summed E-state index contributed by atoms with van der Waals surface area (Å²) in [4.78, 5) is 11.8. The van der Waals surface area contributed by atoms with Crippen LogP contribution in [-0.4, -0.2) is 5.78 Å². The molecule has 0 saturated carbocycles. The smallest absolute Gasteiger partial charge is 0.193 e. The van der Waals surface area contributed by atoms with Gasteiger partial charge < -0.3 is 5.73 Å². The Balaban J connectivity index is 2.78. The molecular weight excluding hydrogens is 174 g/mol. The van der Waals surface area contributed by atoms with Gasteiger partial charge in [0.15, 0.2) is 5.78 Å². The first-order valence-electron chi connectivity index (χ1n) is 4.42. The molecule has 1 aromatic rings. The van der Waals surface area contributed by atoms with E-state index in [9.17, 15) is 4.79 Å². The van der Waals surface area contributed by atoms with E-state index in [0.717, 1.165) is 11.1 Å². The van der Waals surface area contributed by atoms with Crippen LogP contribution < -0.4 is 5.73 Å².